The topological polar surface area (TPSA) is 89.2 Å². The molecule has 25 heavy (non-hydrogen) atoms. The SMILES string of the molecule is CN1C(=O)[N+](Cc2ccc(F)cc2Cl)(c2ncccn2)CC1C(N)=O. The zero-order chi connectivity index (χ0) is 18.2. The van der Waals surface area contributed by atoms with E-state index in [0.717, 1.165) is 0 Å². The van der Waals surface area contributed by atoms with Crippen LogP contribution in [0.25, 0.3) is 0 Å². The van der Waals surface area contributed by atoms with Crippen LogP contribution in [0.2, 0.25) is 5.02 Å². The lowest BCUT2D eigenvalue weighted by Crippen LogP contribution is -2.52. The molecule has 3 rings (SSSR count). The molecule has 3 amide bonds. The predicted molar refractivity (Wildman–Crippen MR) is 89.9 cm³/mol. The van der Waals surface area contributed by atoms with Gasteiger partial charge in [0.1, 0.15) is 18.9 Å². The molecule has 2 unspecified atom stereocenters. The van der Waals surface area contributed by atoms with Gasteiger partial charge in [0, 0.05) is 25.0 Å². The number of urea groups is 1. The summed E-state index contributed by atoms with van der Waals surface area (Å²) in [7, 11) is 1.51. The first-order valence-corrected chi connectivity index (χ1v) is 7.88. The lowest BCUT2D eigenvalue weighted by Gasteiger charge is -2.27. The summed E-state index contributed by atoms with van der Waals surface area (Å²) >= 11 is 6.13. The number of carbonyl (C=O) groups is 2. The fourth-order valence-electron chi connectivity index (χ4n) is 3.03. The van der Waals surface area contributed by atoms with E-state index in [1.54, 1.807) is 6.07 Å². The van der Waals surface area contributed by atoms with E-state index >= 15 is 0 Å². The standard InChI is InChI=1S/C16H15ClFN5O2/c1-22-13(14(19)24)9-23(16(22)25,15-20-5-2-6-21-15)8-10-3-4-11(18)7-12(10)17/h2-7,13H,8-9H2,1H3,(H-,19,24)/p+1. The normalized spacial score (nSPS) is 23.1. The monoisotopic (exact) mass is 364 g/mol. The number of hydrogen-bond donors (Lipinski definition) is 1. The van der Waals surface area contributed by atoms with Crippen LogP contribution in [0.1, 0.15) is 5.56 Å². The smallest absolute Gasteiger partial charge is 0.368 e. The third-order valence-electron chi connectivity index (χ3n) is 4.34. The van der Waals surface area contributed by atoms with Gasteiger partial charge in [0.05, 0.1) is 5.02 Å². The Hall–Kier alpha value is -2.58. The quantitative estimate of drug-likeness (QED) is 0.836. The highest BCUT2D eigenvalue weighted by atomic mass is 35.5. The Bertz CT molecular complexity index is 835. The lowest BCUT2D eigenvalue weighted by molar-refractivity contribution is -0.121. The second kappa shape index (κ2) is 6.38. The molecule has 0 spiro atoms. The Labute approximate surface area is 148 Å². The average Bonchev–Trinajstić information content (AvgIpc) is 2.84. The van der Waals surface area contributed by atoms with Crippen molar-refractivity contribution in [2.45, 2.75) is 12.6 Å². The van der Waals surface area contributed by atoms with Crippen molar-refractivity contribution in [1.82, 2.24) is 19.4 Å². The summed E-state index contributed by atoms with van der Waals surface area (Å²) in [5.41, 5.74) is 5.98. The van der Waals surface area contributed by atoms with Crippen molar-refractivity contribution < 1.29 is 14.0 Å². The first-order chi connectivity index (χ1) is 11.8. The van der Waals surface area contributed by atoms with Crippen molar-refractivity contribution in [1.29, 1.82) is 0 Å². The molecule has 0 radical (unpaired) electrons. The van der Waals surface area contributed by atoms with Crippen LogP contribution in [0.3, 0.4) is 0 Å². The average molecular weight is 365 g/mol. The van der Waals surface area contributed by atoms with Gasteiger partial charge < -0.3 is 5.73 Å². The molecular weight excluding hydrogens is 349 g/mol. The van der Waals surface area contributed by atoms with E-state index in [0.29, 0.717) is 5.56 Å². The fraction of sp³-hybridized carbons (Fsp3) is 0.250. The van der Waals surface area contributed by atoms with Gasteiger partial charge in [0.15, 0.2) is 6.04 Å². The van der Waals surface area contributed by atoms with Crippen molar-refractivity contribution in [3.8, 4) is 0 Å². The first kappa shape index (κ1) is 17.2. The van der Waals surface area contributed by atoms with Crippen molar-refractivity contribution in [2.75, 3.05) is 13.6 Å². The van der Waals surface area contributed by atoms with Gasteiger partial charge in [-0.1, -0.05) is 11.6 Å². The van der Waals surface area contributed by atoms with E-state index in [9.17, 15) is 14.0 Å². The number of quaternary nitrogens is 1. The number of benzene rings is 1. The minimum absolute atomic E-state index is 0.0718. The zero-order valence-corrected chi connectivity index (χ0v) is 14.2. The number of nitrogens with zero attached hydrogens (tertiary/aromatic N) is 4. The molecule has 0 bridgehead atoms. The Morgan fingerprint density at radius 1 is 1.44 bits per heavy atom. The van der Waals surface area contributed by atoms with E-state index in [1.807, 2.05) is 0 Å². The van der Waals surface area contributed by atoms with Gasteiger partial charge in [-0.15, -0.1) is 0 Å². The number of amides is 3. The Morgan fingerprint density at radius 2 is 2.12 bits per heavy atom. The molecule has 7 nitrogen and oxygen atoms in total. The second-order valence-electron chi connectivity index (χ2n) is 5.90. The fourth-order valence-corrected chi connectivity index (χ4v) is 3.26. The Balaban J connectivity index is 2.11. The molecule has 2 atom stereocenters. The number of aromatic nitrogens is 2. The third kappa shape index (κ3) is 2.94. The second-order valence-corrected chi connectivity index (χ2v) is 6.31. The summed E-state index contributed by atoms with van der Waals surface area (Å²) < 4.78 is 13.0. The first-order valence-electron chi connectivity index (χ1n) is 7.50. The lowest BCUT2D eigenvalue weighted by atomic mass is 10.1. The van der Waals surface area contributed by atoms with Gasteiger partial charge in [-0.2, -0.15) is 14.5 Å². The Kier molecular flexibility index (Phi) is 4.40. The van der Waals surface area contributed by atoms with Crippen LogP contribution in [-0.4, -0.2) is 46.4 Å². The van der Waals surface area contributed by atoms with Gasteiger partial charge in [-0.05, 0) is 24.3 Å². The van der Waals surface area contributed by atoms with E-state index in [4.69, 9.17) is 17.3 Å². The highest BCUT2D eigenvalue weighted by molar-refractivity contribution is 6.31. The van der Waals surface area contributed by atoms with E-state index in [2.05, 4.69) is 9.97 Å². The number of carbonyl (C=O) groups excluding carboxylic acids is 2. The minimum Gasteiger partial charge on any atom is -0.368 e. The van der Waals surface area contributed by atoms with Crippen molar-refractivity contribution >= 4 is 29.5 Å². The summed E-state index contributed by atoms with van der Waals surface area (Å²) in [6.07, 6.45) is 3.03. The maximum Gasteiger partial charge on any atom is 0.427 e. The molecule has 0 aliphatic carbocycles. The van der Waals surface area contributed by atoms with E-state index in [-0.39, 0.29) is 34.6 Å². The summed E-state index contributed by atoms with van der Waals surface area (Å²) in [4.78, 5) is 34.4. The third-order valence-corrected chi connectivity index (χ3v) is 4.69. The predicted octanol–water partition coefficient (Wildman–Crippen LogP) is 1.70. The molecule has 1 fully saturated rings. The van der Waals surface area contributed by atoms with Gasteiger partial charge >= 0.3 is 12.0 Å². The van der Waals surface area contributed by atoms with Crippen LogP contribution in [0.5, 0.6) is 0 Å². The minimum atomic E-state index is -0.796. The molecule has 2 aromatic rings. The van der Waals surface area contributed by atoms with Gasteiger partial charge in [-0.25, -0.2) is 9.18 Å². The molecule has 1 aromatic carbocycles. The molecule has 2 N–H and O–H groups in total. The molecule has 2 heterocycles. The molecule has 1 saturated heterocycles. The van der Waals surface area contributed by atoms with Crippen molar-refractivity contribution in [2.24, 2.45) is 5.73 Å². The number of halogens is 2. The van der Waals surface area contributed by atoms with Crippen LogP contribution >= 0.6 is 11.6 Å². The maximum atomic E-state index is 13.3. The maximum absolute atomic E-state index is 13.3. The van der Waals surface area contributed by atoms with Crippen molar-refractivity contribution in [3.63, 3.8) is 0 Å². The van der Waals surface area contributed by atoms with E-state index < -0.39 is 17.8 Å². The molecule has 1 aliphatic rings. The Morgan fingerprint density at radius 3 is 2.68 bits per heavy atom. The molecule has 1 aliphatic heterocycles. The molecule has 130 valence electrons. The summed E-state index contributed by atoms with van der Waals surface area (Å²) in [6, 6.07) is 4.40. The largest absolute Gasteiger partial charge is 0.427 e. The van der Waals surface area contributed by atoms with Crippen LogP contribution in [-0.2, 0) is 11.3 Å². The van der Waals surface area contributed by atoms with Gasteiger partial charge in [-0.3, -0.25) is 9.69 Å². The summed E-state index contributed by atoms with van der Waals surface area (Å²) in [5, 5.41) is 0.186. The number of nitrogens with two attached hydrogens (primary N) is 1. The molecule has 9 heteroatoms. The molecule has 0 saturated carbocycles. The highest BCUT2D eigenvalue weighted by Gasteiger charge is 2.56. The zero-order valence-electron chi connectivity index (χ0n) is 13.4. The van der Waals surface area contributed by atoms with Gasteiger partial charge in [0.25, 0.3) is 0 Å². The summed E-state index contributed by atoms with van der Waals surface area (Å²) in [6.45, 7) is 0.151. The van der Waals surface area contributed by atoms with Crippen LogP contribution in [0.15, 0.2) is 36.7 Å². The number of hydrogen-bond acceptors (Lipinski definition) is 4. The van der Waals surface area contributed by atoms with Crippen LogP contribution in [0.4, 0.5) is 15.1 Å². The summed E-state index contributed by atoms with van der Waals surface area (Å²) in [5.74, 6) is -0.864. The molecular formula is C16H16ClFN5O2+. The number of rotatable bonds is 4. The van der Waals surface area contributed by atoms with Crippen molar-refractivity contribution in [3.05, 3.63) is 53.1 Å². The number of primary amides is 1. The van der Waals surface area contributed by atoms with Crippen LogP contribution in [0, 0.1) is 5.82 Å². The highest BCUT2D eigenvalue weighted by Crippen LogP contribution is 2.33. The number of likely N-dealkylation sites (N-methyl/N-ethyl adjacent to an activating group) is 1. The van der Waals surface area contributed by atoms with Gasteiger partial charge in [0.2, 0.25) is 5.91 Å². The van der Waals surface area contributed by atoms with E-state index in [1.165, 1.54) is 42.5 Å². The molecule has 1 aromatic heterocycles. The van der Waals surface area contributed by atoms with Crippen LogP contribution < -0.4 is 10.2 Å².